The molecule has 0 aliphatic heterocycles. The third-order valence-electron chi connectivity index (χ3n) is 3.78. The van der Waals surface area contributed by atoms with Crippen molar-refractivity contribution in [2.45, 2.75) is 0 Å². The van der Waals surface area contributed by atoms with Gasteiger partial charge in [-0.25, -0.2) is 9.82 Å². The minimum Gasteiger partial charge on any atom is -0.497 e. The van der Waals surface area contributed by atoms with Crippen LogP contribution in [0.4, 0.5) is 4.39 Å². The van der Waals surface area contributed by atoms with E-state index in [4.69, 9.17) is 9.47 Å². The summed E-state index contributed by atoms with van der Waals surface area (Å²) in [5.41, 5.74) is 3.97. The van der Waals surface area contributed by atoms with Crippen molar-refractivity contribution in [1.82, 2.24) is 15.6 Å². The molecule has 0 spiro atoms. The number of nitrogens with zero attached hydrogens (tertiary/aromatic N) is 2. The number of H-pyrrole nitrogens is 1. The Balaban J connectivity index is 1.76. The van der Waals surface area contributed by atoms with Gasteiger partial charge in [-0.1, -0.05) is 18.2 Å². The molecule has 2 N–H and O–H groups in total. The molecular weight excluding hydrogens is 351 g/mol. The predicted molar refractivity (Wildman–Crippen MR) is 98.6 cm³/mol. The Morgan fingerprint density at radius 3 is 2.74 bits per heavy atom. The minimum atomic E-state index is -0.511. The fourth-order valence-corrected chi connectivity index (χ4v) is 2.39. The van der Waals surface area contributed by atoms with E-state index < -0.39 is 11.7 Å². The summed E-state index contributed by atoms with van der Waals surface area (Å²) < 4.78 is 24.1. The molecule has 3 aromatic rings. The molecule has 7 nitrogen and oxygen atoms in total. The number of carbonyl (C=O) groups is 1. The summed E-state index contributed by atoms with van der Waals surface area (Å²) in [6.07, 6.45) is 1.23. The monoisotopic (exact) mass is 368 g/mol. The van der Waals surface area contributed by atoms with Gasteiger partial charge in [0.25, 0.3) is 5.91 Å². The van der Waals surface area contributed by atoms with Gasteiger partial charge in [-0.3, -0.25) is 9.89 Å². The number of hydrazone groups is 1. The number of ether oxygens (including phenoxy) is 2. The summed E-state index contributed by atoms with van der Waals surface area (Å²) in [6, 6.07) is 12.9. The zero-order valence-electron chi connectivity index (χ0n) is 14.7. The van der Waals surface area contributed by atoms with E-state index in [9.17, 15) is 9.18 Å². The summed E-state index contributed by atoms with van der Waals surface area (Å²) in [7, 11) is 3.10. The molecule has 8 heteroatoms. The van der Waals surface area contributed by atoms with Crippen LogP contribution < -0.4 is 14.9 Å². The van der Waals surface area contributed by atoms with E-state index in [1.807, 2.05) is 0 Å². The zero-order valence-corrected chi connectivity index (χ0v) is 14.7. The molecule has 138 valence electrons. The molecule has 0 atom stereocenters. The number of amides is 1. The number of halogens is 1. The lowest BCUT2D eigenvalue weighted by Crippen LogP contribution is -2.18. The number of hydrogen-bond acceptors (Lipinski definition) is 5. The predicted octanol–water partition coefficient (Wildman–Crippen LogP) is 3.00. The first-order valence-corrected chi connectivity index (χ1v) is 7.98. The van der Waals surface area contributed by atoms with Crippen molar-refractivity contribution in [1.29, 1.82) is 0 Å². The summed E-state index contributed by atoms with van der Waals surface area (Å²) in [5.74, 6) is 0.286. The summed E-state index contributed by atoms with van der Waals surface area (Å²) in [6.45, 7) is 0. The standard InChI is InChI=1S/C19H17FN4O3/c1-26-13-7-8-18(27-2)14(9-13)16-10-17(23-22-16)19(25)24-21-11-12-5-3-4-6-15(12)20/h3-11H,1-2H3,(H,22,23)(H,24,25). The van der Waals surface area contributed by atoms with Gasteiger partial charge in [-0.15, -0.1) is 0 Å². The highest BCUT2D eigenvalue weighted by Gasteiger charge is 2.14. The number of nitrogens with one attached hydrogen (secondary N) is 2. The van der Waals surface area contributed by atoms with Crippen molar-refractivity contribution in [3.8, 4) is 22.8 Å². The molecule has 0 aliphatic carbocycles. The van der Waals surface area contributed by atoms with E-state index >= 15 is 0 Å². The maximum Gasteiger partial charge on any atom is 0.289 e. The molecule has 1 aromatic heterocycles. The van der Waals surface area contributed by atoms with Gasteiger partial charge in [0.05, 0.1) is 26.1 Å². The van der Waals surface area contributed by atoms with Crippen LogP contribution in [0.3, 0.4) is 0 Å². The smallest absolute Gasteiger partial charge is 0.289 e. The van der Waals surface area contributed by atoms with Crippen LogP contribution in [-0.4, -0.2) is 36.5 Å². The van der Waals surface area contributed by atoms with Crippen molar-refractivity contribution in [3.63, 3.8) is 0 Å². The third kappa shape index (κ3) is 4.12. The van der Waals surface area contributed by atoms with E-state index in [2.05, 4.69) is 20.7 Å². The highest BCUT2D eigenvalue weighted by molar-refractivity contribution is 5.94. The Hall–Kier alpha value is -3.68. The van der Waals surface area contributed by atoms with Gasteiger partial charge in [0.15, 0.2) is 0 Å². The first kappa shape index (κ1) is 18.1. The first-order chi connectivity index (χ1) is 13.1. The van der Waals surface area contributed by atoms with Gasteiger partial charge in [-0.2, -0.15) is 10.2 Å². The second-order valence-corrected chi connectivity index (χ2v) is 5.45. The maximum absolute atomic E-state index is 13.5. The van der Waals surface area contributed by atoms with E-state index in [0.29, 0.717) is 22.8 Å². The summed E-state index contributed by atoms with van der Waals surface area (Å²) >= 11 is 0. The number of rotatable bonds is 6. The fourth-order valence-electron chi connectivity index (χ4n) is 2.39. The fraction of sp³-hybridized carbons (Fsp3) is 0.105. The molecule has 3 rings (SSSR count). The molecule has 2 aromatic carbocycles. The number of hydrogen-bond donors (Lipinski definition) is 2. The van der Waals surface area contributed by atoms with E-state index in [-0.39, 0.29) is 11.3 Å². The van der Waals surface area contributed by atoms with Crippen LogP contribution in [-0.2, 0) is 0 Å². The molecule has 0 bridgehead atoms. The highest BCUT2D eigenvalue weighted by Crippen LogP contribution is 2.32. The minimum absolute atomic E-state index is 0.195. The van der Waals surface area contributed by atoms with Crippen molar-refractivity contribution in [3.05, 3.63) is 65.6 Å². The zero-order chi connectivity index (χ0) is 19.2. The lowest BCUT2D eigenvalue weighted by Gasteiger charge is -2.08. The van der Waals surface area contributed by atoms with Gasteiger partial charge in [0.1, 0.15) is 23.0 Å². The number of aromatic amines is 1. The Morgan fingerprint density at radius 2 is 2.00 bits per heavy atom. The van der Waals surface area contributed by atoms with Gasteiger partial charge in [-0.05, 0) is 30.3 Å². The normalized spacial score (nSPS) is 10.8. The van der Waals surface area contributed by atoms with Crippen LogP contribution in [0.15, 0.2) is 53.6 Å². The highest BCUT2D eigenvalue weighted by atomic mass is 19.1. The summed E-state index contributed by atoms with van der Waals surface area (Å²) in [4.78, 5) is 12.2. The van der Waals surface area contributed by atoms with Crippen LogP contribution >= 0.6 is 0 Å². The molecule has 27 heavy (non-hydrogen) atoms. The van der Waals surface area contributed by atoms with Crippen LogP contribution in [0.25, 0.3) is 11.3 Å². The largest absolute Gasteiger partial charge is 0.497 e. The Kier molecular flexibility index (Phi) is 5.46. The number of methoxy groups -OCH3 is 2. The maximum atomic E-state index is 13.5. The van der Waals surface area contributed by atoms with Crippen molar-refractivity contribution >= 4 is 12.1 Å². The molecule has 1 amide bonds. The quantitative estimate of drug-likeness (QED) is 0.517. The molecule has 0 saturated heterocycles. The lowest BCUT2D eigenvalue weighted by molar-refractivity contribution is 0.0950. The van der Waals surface area contributed by atoms with Crippen molar-refractivity contribution < 1.29 is 18.7 Å². The van der Waals surface area contributed by atoms with Crippen molar-refractivity contribution in [2.75, 3.05) is 14.2 Å². The third-order valence-corrected chi connectivity index (χ3v) is 3.78. The number of aromatic nitrogens is 2. The molecule has 1 heterocycles. The Morgan fingerprint density at radius 1 is 1.19 bits per heavy atom. The van der Waals surface area contributed by atoms with Gasteiger partial charge < -0.3 is 9.47 Å². The molecule has 0 saturated carbocycles. The Labute approximate surface area is 154 Å². The summed E-state index contributed by atoms with van der Waals surface area (Å²) in [5, 5.41) is 10.5. The molecular formula is C19H17FN4O3. The second kappa shape index (κ2) is 8.13. The van der Waals surface area contributed by atoms with Crippen LogP contribution in [0.1, 0.15) is 16.1 Å². The SMILES string of the molecule is COc1ccc(OC)c(-c2cc(C(=O)NN=Cc3ccccc3F)[nH]n2)c1. The van der Waals surface area contributed by atoms with Crippen molar-refractivity contribution in [2.24, 2.45) is 5.10 Å². The molecule has 0 radical (unpaired) electrons. The van der Waals surface area contributed by atoms with Crippen LogP contribution in [0.5, 0.6) is 11.5 Å². The molecule has 0 aliphatic rings. The van der Waals surface area contributed by atoms with Gasteiger partial charge in [0, 0.05) is 11.1 Å². The average Bonchev–Trinajstić information content (AvgIpc) is 3.19. The van der Waals surface area contributed by atoms with Crippen LogP contribution in [0, 0.1) is 5.82 Å². The lowest BCUT2D eigenvalue weighted by atomic mass is 10.1. The molecule has 0 fully saturated rings. The van der Waals surface area contributed by atoms with E-state index in [1.165, 1.54) is 12.3 Å². The Bertz CT molecular complexity index is 985. The topological polar surface area (TPSA) is 88.6 Å². The number of benzene rings is 2. The average molecular weight is 368 g/mol. The van der Waals surface area contributed by atoms with Gasteiger partial charge >= 0.3 is 0 Å². The number of carbonyl (C=O) groups excluding carboxylic acids is 1. The molecule has 0 unspecified atom stereocenters. The first-order valence-electron chi connectivity index (χ1n) is 7.98. The van der Waals surface area contributed by atoms with E-state index in [1.54, 1.807) is 56.7 Å². The second-order valence-electron chi connectivity index (χ2n) is 5.45. The van der Waals surface area contributed by atoms with Crippen LogP contribution in [0.2, 0.25) is 0 Å². The van der Waals surface area contributed by atoms with E-state index in [0.717, 1.165) is 0 Å². The van der Waals surface area contributed by atoms with Gasteiger partial charge in [0.2, 0.25) is 0 Å².